The fourth-order valence-corrected chi connectivity index (χ4v) is 2.71. The van der Waals surface area contributed by atoms with E-state index in [1.54, 1.807) is 12.1 Å². The molecule has 0 heterocycles. The molecule has 1 N–H and O–H groups in total. The molecule has 122 valence electrons. The molecule has 1 unspecified atom stereocenters. The average Bonchev–Trinajstić information content (AvgIpc) is 2.56. The van der Waals surface area contributed by atoms with Crippen LogP contribution in [0.5, 0.6) is 0 Å². The number of carbonyl (C=O) groups excluding carboxylic acids is 1. The summed E-state index contributed by atoms with van der Waals surface area (Å²) >= 11 is 3.44. The standard InChI is InChI=1S/C17H24BrNO3/c1-5-12(2)13(3)15-7-6-14(17(21)22-4)10-16(15)19(11-18)8-9-20/h6-7,10,12,20H,3,5,8-9,11H2,1-2,4H3. The lowest BCUT2D eigenvalue weighted by molar-refractivity contribution is 0.0601. The molecule has 0 amide bonds. The summed E-state index contributed by atoms with van der Waals surface area (Å²) in [7, 11) is 1.37. The molecule has 5 heteroatoms. The molecule has 0 aliphatic heterocycles. The van der Waals surface area contributed by atoms with Gasteiger partial charge in [0.25, 0.3) is 0 Å². The maximum atomic E-state index is 11.8. The number of esters is 1. The normalized spacial score (nSPS) is 11.9. The second-order valence-electron chi connectivity index (χ2n) is 5.16. The van der Waals surface area contributed by atoms with Crippen LogP contribution in [-0.4, -0.2) is 36.8 Å². The van der Waals surface area contributed by atoms with Gasteiger partial charge in [0, 0.05) is 17.8 Å². The van der Waals surface area contributed by atoms with Crippen LogP contribution in [0.15, 0.2) is 24.8 Å². The van der Waals surface area contributed by atoms with Crippen LogP contribution < -0.4 is 4.90 Å². The van der Waals surface area contributed by atoms with Crippen LogP contribution in [0.25, 0.3) is 5.57 Å². The topological polar surface area (TPSA) is 49.8 Å². The highest BCUT2D eigenvalue weighted by atomic mass is 79.9. The molecule has 0 saturated carbocycles. The molecule has 0 radical (unpaired) electrons. The van der Waals surface area contributed by atoms with Crippen molar-refractivity contribution in [2.75, 3.05) is 30.6 Å². The largest absolute Gasteiger partial charge is 0.465 e. The van der Waals surface area contributed by atoms with Gasteiger partial charge in [-0.25, -0.2) is 4.79 Å². The summed E-state index contributed by atoms with van der Waals surface area (Å²) in [5, 5.41) is 9.26. The Kier molecular flexibility index (Phi) is 7.62. The number of aliphatic hydroxyl groups excluding tert-OH is 1. The van der Waals surface area contributed by atoms with Crippen molar-refractivity contribution in [2.45, 2.75) is 20.3 Å². The number of rotatable bonds is 8. The zero-order valence-corrected chi connectivity index (χ0v) is 15.0. The van der Waals surface area contributed by atoms with Gasteiger partial charge in [0.2, 0.25) is 0 Å². The molecule has 4 nitrogen and oxygen atoms in total. The van der Waals surface area contributed by atoms with E-state index in [9.17, 15) is 9.90 Å². The zero-order valence-electron chi connectivity index (χ0n) is 13.4. The van der Waals surface area contributed by atoms with Crippen LogP contribution in [0.1, 0.15) is 36.2 Å². The monoisotopic (exact) mass is 369 g/mol. The van der Waals surface area contributed by atoms with Crippen molar-refractivity contribution in [3.05, 3.63) is 35.9 Å². The third-order valence-electron chi connectivity index (χ3n) is 3.83. The molecule has 1 aromatic rings. The van der Waals surface area contributed by atoms with E-state index in [0.717, 1.165) is 23.2 Å². The van der Waals surface area contributed by atoms with Crippen molar-refractivity contribution in [3.63, 3.8) is 0 Å². The number of ether oxygens (including phenoxy) is 1. The first-order valence-electron chi connectivity index (χ1n) is 7.33. The summed E-state index contributed by atoms with van der Waals surface area (Å²) < 4.78 is 4.79. The number of hydrogen-bond acceptors (Lipinski definition) is 4. The second kappa shape index (κ2) is 8.96. The molecule has 0 aliphatic rings. The Morgan fingerprint density at radius 3 is 2.68 bits per heavy atom. The van der Waals surface area contributed by atoms with Gasteiger partial charge in [-0.05, 0) is 30.0 Å². The third-order valence-corrected chi connectivity index (χ3v) is 4.43. The van der Waals surface area contributed by atoms with E-state index in [2.05, 4.69) is 36.4 Å². The van der Waals surface area contributed by atoms with Crippen molar-refractivity contribution in [1.29, 1.82) is 0 Å². The number of benzene rings is 1. The van der Waals surface area contributed by atoms with Gasteiger partial charge in [0.05, 0.1) is 24.7 Å². The predicted octanol–water partition coefficient (Wildman–Crippen LogP) is 3.68. The maximum absolute atomic E-state index is 11.8. The van der Waals surface area contributed by atoms with Crippen molar-refractivity contribution in [3.8, 4) is 0 Å². The fraction of sp³-hybridized carbons (Fsp3) is 0.471. The number of methoxy groups -OCH3 is 1. The summed E-state index contributed by atoms with van der Waals surface area (Å²) in [6, 6.07) is 5.46. The second-order valence-corrected chi connectivity index (χ2v) is 5.67. The molecule has 1 atom stereocenters. The summed E-state index contributed by atoms with van der Waals surface area (Å²) in [5.41, 5.74) is 3.94. The number of anilines is 1. The van der Waals surface area contributed by atoms with Crippen LogP contribution in [0.3, 0.4) is 0 Å². The van der Waals surface area contributed by atoms with Gasteiger partial charge in [-0.15, -0.1) is 0 Å². The molecule has 1 aromatic carbocycles. The molecule has 1 rings (SSSR count). The summed E-state index contributed by atoms with van der Waals surface area (Å²) in [6.45, 7) is 8.96. The zero-order chi connectivity index (χ0) is 16.7. The molecule has 0 fully saturated rings. The molecular weight excluding hydrogens is 346 g/mol. The Labute approximate surface area is 140 Å². The van der Waals surface area contributed by atoms with E-state index >= 15 is 0 Å². The van der Waals surface area contributed by atoms with Crippen molar-refractivity contribution >= 4 is 33.2 Å². The minimum absolute atomic E-state index is 0.0311. The Balaban J connectivity index is 3.36. The molecule has 0 aliphatic carbocycles. The molecule has 0 aromatic heterocycles. The summed E-state index contributed by atoms with van der Waals surface area (Å²) in [4.78, 5) is 13.7. The number of alkyl halides is 1. The molecule has 22 heavy (non-hydrogen) atoms. The first-order chi connectivity index (χ1) is 10.5. The lowest BCUT2D eigenvalue weighted by Crippen LogP contribution is -2.26. The molecule has 0 bridgehead atoms. The van der Waals surface area contributed by atoms with Crippen molar-refractivity contribution < 1.29 is 14.6 Å². The highest BCUT2D eigenvalue weighted by molar-refractivity contribution is 9.09. The average molecular weight is 370 g/mol. The van der Waals surface area contributed by atoms with Gasteiger partial charge in [-0.1, -0.05) is 42.4 Å². The van der Waals surface area contributed by atoms with Crippen LogP contribution in [0.2, 0.25) is 0 Å². The number of hydrogen-bond donors (Lipinski definition) is 1. The molecule has 0 saturated heterocycles. The first-order valence-corrected chi connectivity index (χ1v) is 8.45. The Morgan fingerprint density at radius 2 is 2.18 bits per heavy atom. The van der Waals surface area contributed by atoms with E-state index in [-0.39, 0.29) is 12.6 Å². The lowest BCUT2D eigenvalue weighted by Gasteiger charge is -2.26. The number of nitrogens with zero attached hydrogens (tertiary/aromatic N) is 1. The van der Waals surface area contributed by atoms with Crippen molar-refractivity contribution in [1.82, 2.24) is 0 Å². The number of halogens is 1. The predicted molar refractivity (Wildman–Crippen MR) is 94.5 cm³/mol. The number of allylic oxidation sites excluding steroid dienone is 1. The van der Waals surface area contributed by atoms with E-state index in [1.165, 1.54) is 7.11 Å². The first kappa shape index (κ1) is 18.7. The summed E-state index contributed by atoms with van der Waals surface area (Å²) in [6.07, 6.45) is 0.991. The van der Waals surface area contributed by atoms with Crippen LogP contribution >= 0.6 is 15.9 Å². The fourth-order valence-electron chi connectivity index (χ4n) is 2.19. The SMILES string of the molecule is C=C(c1ccc(C(=O)OC)cc1N(CBr)CCO)C(C)CC. The van der Waals surface area contributed by atoms with Crippen LogP contribution in [0, 0.1) is 5.92 Å². The Morgan fingerprint density at radius 1 is 1.50 bits per heavy atom. The quantitative estimate of drug-likeness (QED) is 0.431. The van der Waals surface area contributed by atoms with Gasteiger partial charge in [-0.2, -0.15) is 0 Å². The smallest absolute Gasteiger partial charge is 0.337 e. The minimum Gasteiger partial charge on any atom is -0.465 e. The van der Waals surface area contributed by atoms with Gasteiger partial charge in [-0.3, -0.25) is 0 Å². The highest BCUT2D eigenvalue weighted by Crippen LogP contribution is 2.33. The van der Waals surface area contributed by atoms with Gasteiger partial charge < -0.3 is 14.7 Å². The van der Waals surface area contributed by atoms with E-state index < -0.39 is 0 Å². The van der Waals surface area contributed by atoms with Gasteiger partial charge in [0.15, 0.2) is 0 Å². The van der Waals surface area contributed by atoms with Crippen LogP contribution in [0.4, 0.5) is 5.69 Å². The molecule has 0 spiro atoms. The lowest BCUT2D eigenvalue weighted by atomic mass is 9.91. The van der Waals surface area contributed by atoms with E-state index in [4.69, 9.17) is 4.74 Å². The number of carbonyl (C=O) groups is 1. The van der Waals surface area contributed by atoms with E-state index in [0.29, 0.717) is 23.5 Å². The minimum atomic E-state index is -0.375. The van der Waals surface area contributed by atoms with Crippen molar-refractivity contribution in [2.24, 2.45) is 5.92 Å². The number of aliphatic hydroxyl groups is 1. The Hall–Kier alpha value is -1.33. The molecular formula is C17H24BrNO3. The van der Waals surface area contributed by atoms with Crippen LogP contribution in [-0.2, 0) is 4.74 Å². The maximum Gasteiger partial charge on any atom is 0.337 e. The third kappa shape index (κ3) is 4.34. The van der Waals surface area contributed by atoms with Gasteiger partial charge in [0.1, 0.15) is 0 Å². The van der Waals surface area contributed by atoms with E-state index in [1.807, 2.05) is 11.0 Å². The Bertz CT molecular complexity index is 531. The summed E-state index contributed by atoms with van der Waals surface area (Å²) in [5.74, 6) is -0.0329. The van der Waals surface area contributed by atoms with Gasteiger partial charge >= 0.3 is 5.97 Å². The highest BCUT2D eigenvalue weighted by Gasteiger charge is 2.18.